The molecule has 0 N–H and O–H groups in total. The second kappa shape index (κ2) is 5.44. The monoisotopic (exact) mass is 311 g/mol. The Morgan fingerprint density at radius 3 is 2.65 bits per heavy atom. The number of rotatable bonds is 4. The quantitative estimate of drug-likeness (QED) is 0.859. The molecule has 0 spiro atoms. The molecule has 2 aliphatic rings. The van der Waals surface area contributed by atoms with Gasteiger partial charge in [0.05, 0.1) is 12.2 Å². The van der Waals surface area contributed by atoms with Crippen LogP contribution in [0.3, 0.4) is 0 Å². The average molecular weight is 311 g/mol. The highest BCUT2D eigenvalue weighted by Crippen LogP contribution is 2.39. The first-order valence-corrected chi connectivity index (χ1v) is 8.24. The summed E-state index contributed by atoms with van der Waals surface area (Å²) < 4.78 is 1.58. The van der Waals surface area contributed by atoms with Crippen LogP contribution in [0.25, 0.3) is 0 Å². The number of hydrogen-bond acceptors (Lipinski definition) is 5. The van der Waals surface area contributed by atoms with Gasteiger partial charge < -0.3 is 4.90 Å². The van der Waals surface area contributed by atoms with Gasteiger partial charge in [-0.25, -0.2) is 14.6 Å². The van der Waals surface area contributed by atoms with Gasteiger partial charge in [-0.1, -0.05) is 0 Å². The van der Waals surface area contributed by atoms with Gasteiger partial charge in [0, 0.05) is 42.8 Å². The number of anilines is 1. The second-order valence-electron chi connectivity index (χ2n) is 6.77. The van der Waals surface area contributed by atoms with E-state index in [1.54, 1.807) is 16.8 Å². The summed E-state index contributed by atoms with van der Waals surface area (Å²) in [6.07, 6.45) is 2.43. The van der Waals surface area contributed by atoms with E-state index < -0.39 is 0 Å². The van der Waals surface area contributed by atoms with Gasteiger partial charge in [0.1, 0.15) is 11.6 Å². The third-order valence-electron chi connectivity index (χ3n) is 4.51. The fraction of sp³-hybridized carbons (Fsp3) is 0.529. The predicted octanol–water partition coefficient (Wildman–Crippen LogP) is 1.66. The zero-order chi connectivity index (χ0) is 16.0. The van der Waals surface area contributed by atoms with Crippen LogP contribution in [0.15, 0.2) is 23.0 Å². The highest BCUT2D eigenvalue weighted by Gasteiger charge is 2.31. The lowest BCUT2D eigenvalue weighted by Crippen LogP contribution is -2.50. The molecular formula is C17H21N5O. The van der Waals surface area contributed by atoms with Gasteiger partial charge in [0.15, 0.2) is 0 Å². The number of aryl methyl sites for hydroxylation is 2. The predicted molar refractivity (Wildman–Crippen MR) is 87.7 cm³/mol. The van der Waals surface area contributed by atoms with Crippen LogP contribution in [0.4, 0.5) is 5.82 Å². The van der Waals surface area contributed by atoms with Crippen molar-refractivity contribution in [1.82, 2.24) is 19.7 Å². The molecule has 6 heteroatoms. The van der Waals surface area contributed by atoms with Gasteiger partial charge in [-0.15, -0.1) is 0 Å². The lowest BCUT2D eigenvalue weighted by Gasteiger charge is -2.40. The molecule has 6 nitrogen and oxygen atoms in total. The lowest BCUT2D eigenvalue weighted by atomic mass is 10.0. The van der Waals surface area contributed by atoms with Crippen LogP contribution in [-0.2, 0) is 6.54 Å². The normalized spacial score (nSPS) is 18.1. The molecule has 0 bridgehead atoms. The van der Waals surface area contributed by atoms with E-state index in [1.165, 1.54) is 12.8 Å². The third kappa shape index (κ3) is 2.98. The van der Waals surface area contributed by atoms with Crippen molar-refractivity contribution < 1.29 is 0 Å². The first kappa shape index (κ1) is 14.4. The maximum atomic E-state index is 11.8. The molecule has 23 heavy (non-hydrogen) atoms. The molecule has 1 saturated carbocycles. The van der Waals surface area contributed by atoms with Crippen LogP contribution < -0.4 is 10.5 Å². The van der Waals surface area contributed by atoms with Crippen molar-refractivity contribution in [3.05, 3.63) is 45.8 Å². The molecule has 0 atom stereocenters. The summed E-state index contributed by atoms with van der Waals surface area (Å²) in [6.45, 7) is 6.46. The Balaban J connectivity index is 1.43. The topological polar surface area (TPSA) is 63.9 Å². The molecule has 120 valence electrons. The molecule has 3 heterocycles. The lowest BCUT2D eigenvalue weighted by molar-refractivity contribution is 0.331. The average Bonchev–Trinajstić information content (AvgIpc) is 3.29. The molecule has 1 saturated heterocycles. The molecule has 0 amide bonds. The van der Waals surface area contributed by atoms with Gasteiger partial charge in [0.2, 0.25) is 0 Å². The molecule has 1 aliphatic carbocycles. The Morgan fingerprint density at radius 1 is 1.13 bits per heavy atom. The van der Waals surface area contributed by atoms with E-state index in [0.29, 0.717) is 18.4 Å². The zero-order valence-electron chi connectivity index (χ0n) is 13.6. The first-order chi connectivity index (χ1) is 11.1. The van der Waals surface area contributed by atoms with Crippen molar-refractivity contribution in [3.8, 4) is 0 Å². The van der Waals surface area contributed by atoms with E-state index in [1.807, 2.05) is 13.8 Å². The smallest absolute Gasteiger partial charge is 0.266 e. The standard InChI is InChI=1S/C17H21N5O/c1-11-3-6-16(23)22(20-11)10-13-8-21(9-13)15-7-12(2)18-17(19-15)14-4-5-14/h3,6-7,13-14H,4-5,8-10H2,1-2H3. The van der Waals surface area contributed by atoms with Crippen molar-refractivity contribution in [2.75, 3.05) is 18.0 Å². The van der Waals surface area contributed by atoms with Crippen molar-refractivity contribution in [1.29, 1.82) is 0 Å². The van der Waals surface area contributed by atoms with E-state index >= 15 is 0 Å². The summed E-state index contributed by atoms with van der Waals surface area (Å²) in [5, 5.41) is 4.31. The Bertz CT molecular complexity index is 790. The fourth-order valence-electron chi connectivity index (χ4n) is 3.06. The second-order valence-corrected chi connectivity index (χ2v) is 6.77. The maximum Gasteiger partial charge on any atom is 0.266 e. The maximum absolute atomic E-state index is 11.8. The van der Waals surface area contributed by atoms with E-state index in [2.05, 4.69) is 21.0 Å². The summed E-state index contributed by atoms with van der Waals surface area (Å²) in [4.78, 5) is 23.4. The highest BCUT2D eigenvalue weighted by molar-refractivity contribution is 5.43. The van der Waals surface area contributed by atoms with Gasteiger partial charge in [-0.2, -0.15) is 5.10 Å². The van der Waals surface area contributed by atoms with Crippen molar-refractivity contribution >= 4 is 5.82 Å². The Kier molecular flexibility index (Phi) is 3.39. The van der Waals surface area contributed by atoms with Crippen LogP contribution in [0.2, 0.25) is 0 Å². The Morgan fingerprint density at radius 2 is 1.91 bits per heavy atom. The minimum atomic E-state index is -0.0250. The molecule has 0 radical (unpaired) electrons. The number of hydrogen-bond donors (Lipinski definition) is 0. The Labute approximate surface area is 135 Å². The van der Waals surface area contributed by atoms with Crippen molar-refractivity contribution in [3.63, 3.8) is 0 Å². The summed E-state index contributed by atoms with van der Waals surface area (Å²) in [6, 6.07) is 5.41. The molecular weight excluding hydrogens is 290 g/mol. The molecule has 0 unspecified atom stereocenters. The van der Waals surface area contributed by atoms with E-state index in [-0.39, 0.29) is 5.56 Å². The van der Waals surface area contributed by atoms with Crippen LogP contribution >= 0.6 is 0 Å². The summed E-state index contributed by atoms with van der Waals surface area (Å²) in [5.41, 5.74) is 1.89. The van der Waals surface area contributed by atoms with Gasteiger partial charge in [0.25, 0.3) is 5.56 Å². The van der Waals surface area contributed by atoms with Crippen LogP contribution in [0.5, 0.6) is 0 Å². The largest absolute Gasteiger partial charge is 0.356 e. The van der Waals surface area contributed by atoms with Crippen LogP contribution in [0, 0.1) is 19.8 Å². The molecule has 2 aromatic heterocycles. The first-order valence-electron chi connectivity index (χ1n) is 8.24. The number of aromatic nitrogens is 4. The van der Waals surface area contributed by atoms with E-state index in [9.17, 15) is 4.79 Å². The summed E-state index contributed by atoms with van der Waals surface area (Å²) in [5.74, 6) is 3.04. The third-order valence-corrected chi connectivity index (χ3v) is 4.51. The van der Waals surface area contributed by atoms with Gasteiger partial charge >= 0.3 is 0 Å². The molecule has 4 rings (SSSR count). The zero-order valence-corrected chi connectivity index (χ0v) is 13.6. The number of nitrogens with zero attached hydrogens (tertiary/aromatic N) is 5. The minimum absolute atomic E-state index is 0.0250. The molecule has 1 aliphatic heterocycles. The molecule has 2 fully saturated rings. The molecule has 2 aromatic rings. The van der Waals surface area contributed by atoms with E-state index in [0.717, 1.165) is 36.1 Å². The van der Waals surface area contributed by atoms with Crippen LogP contribution in [-0.4, -0.2) is 32.8 Å². The summed E-state index contributed by atoms with van der Waals surface area (Å²) >= 11 is 0. The minimum Gasteiger partial charge on any atom is -0.356 e. The highest BCUT2D eigenvalue weighted by atomic mass is 16.1. The van der Waals surface area contributed by atoms with Crippen molar-refractivity contribution in [2.45, 2.75) is 39.2 Å². The van der Waals surface area contributed by atoms with E-state index in [4.69, 9.17) is 4.98 Å². The van der Waals surface area contributed by atoms with Crippen LogP contribution in [0.1, 0.15) is 36.0 Å². The fourth-order valence-corrected chi connectivity index (χ4v) is 3.06. The Hall–Kier alpha value is -2.24. The van der Waals surface area contributed by atoms with Gasteiger partial charge in [-0.3, -0.25) is 4.79 Å². The summed E-state index contributed by atoms with van der Waals surface area (Å²) in [7, 11) is 0. The molecule has 0 aromatic carbocycles. The SMILES string of the molecule is Cc1cc(N2CC(Cn3nc(C)ccc3=O)C2)nc(C2CC2)n1. The van der Waals surface area contributed by atoms with Crippen molar-refractivity contribution in [2.24, 2.45) is 5.92 Å². The van der Waals surface area contributed by atoms with Gasteiger partial charge in [-0.05, 0) is 32.8 Å².